The molecule has 0 saturated carbocycles. The van der Waals surface area contributed by atoms with Crippen LogP contribution in [0.5, 0.6) is 5.75 Å². The van der Waals surface area contributed by atoms with Gasteiger partial charge in [0.1, 0.15) is 12.9 Å². The van der Waals surface area contributed by atoms with Crippen molar-refractivity contribution in [1.29, 1.82) is 0 Å². The normalized spacial score (nSPS) is 9.18. The Kier molecular flexibility index (Phi) is 2.11. The van der Waals surface area contributed by atoms with Gasteiger partial charge in [0.2, 0.25) is 0 Å². The van der Waals surface area contributed by atoms with E-state index in [-0.39, 0.29) is 5.75 Å². The first-order chi connectivity index (χ1) is 5.24. The number of hydrogen-bond donors (Lipinski definition) is 1. The van der Waals surface area contributed by atoms with Gasteiger partial charge in [0.25, 0.3) is 0 Å². The number of rotatable bonds is 1. The van der Waals surface area contributed by atoms with Gasteiger partial charge >= 0.3 is 5.97 Å². The molecule has 0 aromatic heterocycles. The first-order valence-corrected chi connectivity index (χ1v) is 2.99. The maximum Gasteiger partial charge on any atom is 0.338 e. The van der Waals surface area contributed by atoms with E-state index < -0.39 is 5.97 Å². The quantitative estimate of drug-likeness (QED) is 0.616. The highest BCUT2D eigenvalue weighted by atomic mass is 16.5. The van der Waals surface area contributed by atoms with E-state index in [1.165, 1.54) is 24.3 Å². The molecule has 3 nitrogen and oxygen atoms in total. The van der Waals surface area contributed by atoms with Crippen LogP contribution in [0.15, 0.2) is 24.3 Å². The van der Waals surface area contributed by atoms with Gasteiger partial charge < -0.3 is 9.84 Å². The molecule has 0 spiro atoms. The molecule has 0 amide bonds. The largest absolute Gasteiger partial charge is 0.508 e. The number of aromatic hydroxyl groups is 1. The third kappa shape index (κ3) is 1.70. The topological polar surface area (TPSA) is 46.5 Å². The summed E-state index contributed by atoms with van der Waals surface area (Å²) in [6.07, 6.45) is 0. The van der Waals surface area contributed by atoms with Gasteiger partial charge in [-0.2, -0.15) is 0 Å². The average Bonchev–Trinajstić information content (AvgIpc) is 2.05. The van der Waals surface area contributed by atoms with Crippen LogP contribution in [0.2, 0.25) is 0 Å². The van der Waals surface area contributed by atoms with Crippen molar-refractivity contribution in [3.05, 3.63) is 36.9 Å². The zero-order valence-corrected chi connectivity index (χ0v) is 5.78. The highest BCUT2D eigenvalue weighted by molar-refractivity contribution is 5.89. The smallest absolute Gasteiger partial charge is 0.338 e. The van der Waals surface area contributed by atoms with Gasteiger partial charge in [-0.3, -0.25) is 0 Å². The number of carbonyl (C=O) groups excluding carboxylic acids is 1. The van der Waals surface area contributed by atoms with Crippen LogP contribution in [0, 0.1) is 7.11 Å². The highest BCUT2D eigenvalue weighted by Crippen LogP contribution is 2.09. The lowest BCUT2D eigenvalue weighted by Crippen LogP contribution is -1.98. The summed E-state index contributed by atoms with van der Waals surface area (Å²) in [6, 6.07) is 5.74. The van der Waals surface area contributed by atoms with E-state index in [9.17, 15) is 4.79 Å². The Hall–Kier alpha value is -1.51. The van der Waals surface area contributed by atoms with Gasteiger partial charge in [-0.1, -0.05) is 0 Å². The zero-order valence-electron chi connectivity index (χ0n) is 5.78. The van der Waals surface area contributed by atoms with Crippen molar-refractivity contribution in [1.82, 2.24) is 0 Å². The molecular formula is C8H7O3. The molecule has 0 unspecified atom stereocenters. The maximum atomic E-state index is 10.8. The molecule has 0 aliphatic heterocycles. The van der Waals surface area contributed by atoms with Crippen LogP contribution in [0.1, 0.15) is 10.4 Å². The molecule has 0 aliphatic carbocycles. The minimum Gasteiger partial charge on any atom is -0.508 e. The Morgan fingerprint density at radius 3 is 2.36 bits per heavy atom. The Bertz CT molecular complexity index is 251. The summed E-state index contributed by atoms with van der Waals surface area (Å²) in [6.45, 7) is 0. The number of hydrogen-bond acceptors (Lipinski definition) is 3. The van der Waals surface area contributed by atoms with Gasteiger partial charge in [-0.25, -0.2) is 4.79 Å². The average molecular weight is 151 g/mol. The van der Waals surface area contributed by atoms with E-state index in [2.05, 4.69) is 11.8 Å². The number of esters is 1. The Labute approximate surface area is 64.2 Å². The van der Waals surface area contributed by atoms with E-state index in [0.29, 0.717) is 5.56 Å². The lowest BCUT2D eigenvalue weighted by Gasteiger charge is -1.97. The van der Waals surface area contributed by atoms with Crippen molar-refractivity contribution in [3.8, 4) is 5.75 Å². The predicted octanol–water partition coefficient (Wildman–Crippen LogP) is 1.34. The highest BCUT2D eigenvalue weighted by Gasteiger charge is 2.02. The molecule has 1 rings (SSSR count). The second-order valence-electron chi connectivity index (χ2n) is 1.98. The van der Waals surface area contributed by atoms with Crippen molar-refractivity contribution < 1.29 is 14.6 Å². The molecule has 57 valence electrons. The standard InChI is InChI=1S/C8H7O3/c1-11-8(10)6-2-4-7(9)5-3-6/h2-5,9H,1H2. The van der Waals surface area contributed by atoms with Gasteiger partial charge in [-0.05, 0) is 24.3 Å². The molecule has 0 heterocycles. The van der Waals surface area contributed by atoms with E-state index in [1.807, 2.05) is 0 Å². The summed E-state index contributed by atoms with van der Waals surface area (Å²) >= 11 is 0. The summed E-state index contributed by atoms with van der Waals surface area (Å²) in [7, 11) is 2.97. The van der Waals surface area contributed by atoms with Crippen LogP contribution in [-0.2, 0) is 4.74 Å². The molecular weight excluding hydrogens is 144 g/mol. The first kappa shape index (κ1) is 7.60. The third-order valence-corrected chi connectivity index (χ3v) is 1.23. The van der Waals surface area contributed by atoms with Crippen LogP contribution in [-0.4, -0.2) is 11.1 Å². The predicted molar refractivity (Wildman–Crippen MR) is 38.9 cm³/mol. The van der Waals surface area contributed by atoms with Gasteiger partial charge in [0.15, 0.2) is 0 Å². The molecule has 0 aliphatic rings. The summed E-state index contributed by atoms with van der Waals surface area (Å²) < 4.78 is 4.21. The third-order valence-electron chi connectivity index (χ3n) is 1.23. The molecule has 0 atom stereocenters. The van der Waals surface area contributed by atoms with Crippen molar-refractivity contribution in [3.63, 3.8) is 0 Å². The van der Waals surface area contributed by atoms with Crippen LogP contribution in [0.3, 0.4) is 0 Å². The second-order valence-corrected chi connectivity index (χ2v) is 1.98. The Morgan fingerprint density at radius 2 is 1.91 bits per heavy atom. The fourth-order valence-electron chi connectivity index (χ4n) is 0.681. The molecule has 3 heteroatoms. The van der Waals surface area contributed by atoms with Gasteiger partial charge in [-0.15, -0.1) is 0 Å². The van der Waals surface area contributed by atoms with Crippen molar-refractivity contribution in [2.45, 2.75) is 0 Å². The van der Waals surface area contributed by atoms with Crippen molar-refractivity contribution in [2.75, 3.05) is 0 Å². The van der Waals surface area contributed by atoms with Crippen molar-refractivity contribution in [2.24, 2.45) is 0 Å². The van der Waals surface area contributed by atoms with Gasteiger partial charge in [0.05, 0.1) is 5.56 Å². The lowest BCUT2D eigenvalue weighted by molar-refractivity contribution is 0.0654. The first-order valence-electron chi connectivity index (χ1n) is 2.99. The summed E-state index contributed by atoms with van der Waals surface area (Å²) in [5.74, 6) is -0.393. The molecule has 11 heavy (non-hydrogen) atoms. The molecule has 0 bridgehead atoms. The molecule has 0 saturated heterocycles. The Morgan fingerprint density at radius 1 is 1.36 bits per heavy atom. The minimum absolute atomic E-state index is 0.116. The fraction of sp³-hybridized carbons (Fsp3) is 0. The van der Waals surface area contributed by atoms with Crippen LogP contribution >= 0.6 is 0 Å². The summed E-state index contributed by atoms with van der Waals surface area (Å²) in [5.41, 5.74) is 0.373. The molecule has 1 aromatic rings. The number of carbonyl (C=O) groups is 1. The number of benzene rings is 1. The molecule has 0 fully saturated rings. The van der Waals surface area contributed by atoms with Gasteiger partial charge in [0, 0.05) is 0 Å². The Balaban J connectivity index is 2.90. The zero-order chi connectivity index (χ0) is 8.27. The molecule has 1 N–H and O–H groups in total. The SMILES string of the molecule is [CH2]OC(=O)c1ccc(O)cc1. The summed E-state index contributed by atoms with van der Waals surface area (Å²) in [4.78, 5) is 10.8. The van der Waals surface area contributed by atoms with E-state index >= 15 is 0 Å². The fourth-order valence-corrected chi connectivity index (χ4v) is 0.681. The monoisotopic (exact) mass is 151 g/mol. The van der Waals surface area contributed by atoms with Crippen molar-refractivity contribution >= 4 is 5.97 Å². The maximum absolute atomic E-state index is 10.8. The second kappa shape index (κ2) is 3.05. The van der Waals surface area contributed by atoms with Crippen LogP contribution in [0.25, 0.3) is 0 Å². The summed E-state index contributed by atoms with van der Waals surface area (Å²) in [5, 5.41) is 8.84. The molecule has 1 aromatic carbocycles. The van der Waals surface area contributed by atoms with E-state index in [0.717, 1.165) is 0 Å². The van der Waals surface area contributed by atoms with E-state index in [1.54, 1.807) is 0 Å². The lowest BCUT2D eigenvalue weighted by atomic mass is 10.2. The minimum atomic E-state index is -0.509. The van der Waals surface area contributed by atoms with Crippen LogP contribution < -0.4 is 0 Å². The number of ether oxygens (including phenoxy) is 1. The number of phenols is 1. The number of phenolic OH excluding ortho intramolecular Hbond substituents is 1. The van der Waals surface area contributed by atoms with E-state index in [4.69, 9.17) is 5.11 Å². The van der Waals surface area contributed by atoms with Crippen LogP contribution in [0.4, 0.5) is 0 Å². The molecule has 1 radical (unpaired) electrons.